The molecule has 1 amide bonds. The first-order chi connectivity index (χ1) is 14.9. The highest BCUT2D eigenvalue weighted by atomic mass is 32.2. The molecule has 0 radical (unpaired) electrons. The monoisotopic (exact) mass is 439 g/mol. The second-order valence-electron chi connectivity index (χ2n) is 10.7. The fourth-order valence-electron chi connectivity index (χ4n) is 7.09. The van der Waals surface area contributed by atoms with Gasteiger partial charge < -0.3 is 4.90 Å². The number of nitrogens with zero attached hydrogens (tertiary/aromatic N) is 3. The maximum atomic E-state index is 12.8. The molecule has 1 aromatic carbocycles. The van der Waals surface area contributed by atoms with Crippen molar-refractivity contribution in [2.45, 2.75) is 83.8 Å². The second-order valence-corrected chi connectivity index (χ2v) is 11.7. The Morgan fingerprint density at radius 3 is 2.19 bits per heavy atom. The smallest absolute Gasteiger partial charge is 0.225 e. The van der Waals surface area contributed by atoms with Crippen LogP contribution in [0.4, 0.5) is 5.69 Å². The summed E-state index contributed by atoms with van der Waals surface area (Å²) in [6.45, 7) is 9.20. The Balaban J connectivity index is 1.41. The van der Waals surface area contributed by atoms with Gasteiger partial charge in [0.25, 0.3) is 0 Å². The third-order valence-corrected chi connectivity index (χ3v) is 9.17. The average molecular weight is 440 g/mol. The molecule has 1 aromatic rings. The summed E-state index contributed by atoms with van der Waals surface area (Å²) >= 11 is 1.86. The van der Waals surface area contributed by atoms with E-state index in [0.717, 1.165) is 35.7 Å². The number of amidine groups is 1. The zero-order valence-electron chi connectivity index (χ0n) is 19.5. The Morgan fingerprint density at radius 1 is 1.13 bits per heavy atom. The number of anilines is 1. The molecule has 4 saturated carbocycles. The molecule has 4 nitrogen and oxygen atoms in total. The van der Waals surface area contributed by atoms with Gasteiger partial charge >= 0.3 is 0 Å². The topological polar surface area (TPSA) is 35.9 Å². The Labute approximate surface area is 191 Å². The van der Waals surface area contributed by atoms with Crippen molar-refractivity contribution < 1.29 is 4.79 Å². The van der Waals surface area contributed by atoms with Crippen LogP contribution >= 0.6 is 11.8 Å². The van der Waals surface area contributed by atoms with Gasteiger partial charge in [0, 0.05) is 24.9 Å². The lowest BCUT2D eigenvalue weighted by Crippen LogP contribution is -2.52. The molecule has 5 aliphatic rings. The first-order valence-corrected chi connectivity index (χ1v) is 13.2. The predicted octanol–water partition coefficient (Wildman–Crippen LogP) is 5.88. The van der Waals surface area contributed by atoms with Gasteiger partial charge in [0.05, 0.1) is 5.54 Å². The van der Waals surface area contributed by atoms with Crippen LogP contribution in [0.25, 0.3) is 0 Å². The Morgan fingerprint density at radius 2 is 1.71 bits per heavy atom. The molecule has 1 aliphatic heterocycles. The van der Waals surface area contributed by atoms with Crippen molar-refractivity contribution in [1.29, 1.82) is 0 Å². The number of hydrogen-bond acceptors (Lipinski definition) is 3. The summed E-state index contributed by atoms with van der Waals surface area (Å²) in [5.74, 6) is 4.21. The van der Waals surface area contributed by atoms with Gasteiger partial charge in [-0.25, -0.2) is 0 Å². The van der Waals surface area contributed by atoms with Crippen LogP contribution in [-0.2, 0) is 4.79 Å². The average Bonchev–Trinajstić information content (AvgIpc) is 3.08. The molecule has 0 aromatic heterocycles. The summed E-state index contributed by atoms with van der Waals surface area (Å²) in [5, 5.41) is 1.18. The van der Waals surface area contributed by atoms with E-state index in [1.807, 2.05) is 16.7 Å². The zero-order chi connectivity index (χ0) is 21.8. The van der Waals surface area contributed by atoms with Gasteiger partial charge in [0.2, 0.25) is 5.91 Å². The van der Waals surface area contributed by atoms with Crippen LogP contribution in [0, 0.1) is 17.8 Å². The highest BCUT2D eigenvalue weighted by molar-refractivity contribution is 8.14. The van der Waals surface area contributed by atoms with E-state index in [1.165, 1.54) is 49.3 Å². The van der Waals surface area contributed by atoms with Gasteiger partial charge in [0.1, 0.15) is 6.17 Å². The molecule has 6 rings (SSSR count). The third-order valence-electron chi connectivity index (χ3n) is 8.12. The number of carbonyl (C=O) groups is 1. The molecule has 1 unspecified atom stereocenters. The van der Waals surface area contributed by atoms with Gasteiger partial charge in [-0.1, -0.05) is 37.7 Å². The fraction of sp³-hybridized carbons (Fsp3) is 0.692. The number of thioether (sulfide) groups is 1. The van der Waals surface area contributed by atoms with Gasteiger partial charge in [-0.3, -0.25) is 14.7 Å². The van der Waals surface area contributed by atoms with E-state index >= 15 is 0 Å². The summed E-state index contributed by atoms with van der Waals surface area (Å²) in [6, 6.07) is 8.56. The SMILES string of the molecule is CCN1C(=NC23CC4CC(CC(C4)C2)C3)SCC1N(C(C)=O)c1ccc(C(C)C)cc1. The molecule has 5 heteroatoms. The van der Waals surface area contributed by atoms with E-state index in [0.29, 0.717) is 5.92 Å². The van der Waals surface area contributed by atoms with Gasteiger partial charge in [-0.15, -0.1) is 0 Å². The van der Waals surface area contributed by atoms with Crippen molar-refractivity contribution >= 4 is 28.5 Å². The standard InChI is InChI=1S/C26H37N3OS/c1-5-28-24(29(18(4)30)23-8-6-22(7-9-23)17(2)3)16-31-25(28)27-26-13-19-10-20(14-26)12-21(11-19)15-26/h6-9,17,19-21,24H,5,10-16H2,1-4H3. The van der Waals surface area contributed by atoms with Crippen molar-refractivity contribution in [3.05, 3.63) is 29.8 Å². The molecule has 0 N–H and O–H groups in total. The van der Waals surface area contributed by atoms with Crippen molar-refractivity contribution in [1.82, 2.24) is 4.90 Å². The lowest BCUT2D eigenvalue weighted by Gasteiger charge is -2.55. The molecule has 1 atom stereocenters. The van der Waals surface area contributed by atoms with E-state index in [2.05, 4.69) is 49.9 Å². The van der Waals surface area contributed by atoms with Gasteiger partial charge in [0.15, 0.2) is 5.17 Å². The van der Waals surface area contributed by atoms with Crippen LogP contribution in [0.15, 0.2) is 29.3 Å². The largest absolute Gasteiger partial charge is 0.330 e. The summed E-state index contributed by atoms with van der Waals surface area (Å²) in [7, 11) is 0. The second kappa shape index (κ2) is 8.13. The van der Waals surface area contributed by atoms with Crippen LogP contribution < -0.4 is 4.90 Å². The molecular weight excluding hydrogens is 402 g/mol. The van der Waals surface area contributed by atoms with Crippen molar-refractivity contribution in [2.75, 3.05) is 17.2 Å². The quantitative estimate of drug-likeness (QED) is 0.574. The Hall–Kier alpha value is -1.49. The molecule has 1 saturated heterocycles. The van der Waals surface area contributed by atoms with Crippen molar-refractivity contribution in [3.8, 4) is 0 Å². The molecule has 0 spiro atoms. The van der Waals surface area contributed by atoms with Crippen LogP contribution in [0.3, 0.4) is 0 Å². The minimum Gasteiger partial charge on any atom is -0.330 e. The van der Waals surface area contributed by atoms with Crippen LogP contribution in [0.1, 0.15) is 77.7 Å². The number of hydrogen-bond donors (Lipinski definition) is 0. The highest BCUT2D eigenvalue weighted by Gasteiger charge is 2.52. The van der Waals surface area contributed by atoms with E-state index in [9.17, 15) is 4.79 Å². The van der Waals surface area contributed by atoms with E-state index < -0.39 is 0 Å². The molecular formula is C26H37N3OS. The summed E-state index contributed by atoms with van der Waals surface area (Å²) < 4.78 is 0. The summed E-state index contributed by atoms with van der Waals surface area (Å²) in [6.07, 6.45) is 8.26. The summed E-state index contributed by atoms with van der Waals surface area (Å²) in [5.41, 5.74) is 2.49. The van der Waals surface area contributed by atoms with Crippen LogP contribution in [0.2, 0.25) is 0 Å². The summed E-state index contributed by atoms with van der Waals surface area (Å²) in [4.78, 5) is 22.7. The maximum absolute atomic E-state index is 12.8. The number of carbonyl (C=O) groups excluding carboxylic acids is 1. The molecule has 4 aliphatic carbocycles. The van der Waals surface area contributed by atoms with Crippen LogP contribution in [0.5, 0.6) is 0 Å². The number of rotatable bonds is 5. The molecule has 168 valence electrons. The van der Waals surface area contributed by atoms with E-state index in [1.54, 1.807) is 6.92 Å². The Kier molecular flexibility index (Phi) is 5.60. The lowest BCUT2D eigenvalue weighted by atomic mass is 9.53. The highest BCUT2D eigenvalue weighted by Crippen LogP contribution is 2.57. The van der Waals surface area contributed by atoms with Gasteiger partial charge in [-0.2, -0.15) is 0 Å². The van der Waals surface area contributed by atoms with E-state index in [-0.39, 0.29) is 17.6 Å². The number of amides is 1. The minimum absolute atomic E-state index is 0.0464. The molecule has 31 heavy (non-hydrogen) atoms. The zero-order valence-corrected chi connectivity index (χ0v) is 20.3. The molecule has 5 fully saturated rings. The minimum atomic E-state index is 0.0464. The first kappa shape index (κ1) is 21.4. The maximum Gasteiger partial charge on any atom is 0.225 e. The lowest BCUT2D eigenvalue weighted by molar-refractivity contribution is -0.117. The van der Waals surface area contributed by atoms with Crippen LogP contribution in [-0.4, -0.2) is 40.0 Å². The number of aliphatic imine (C=N–C) groups is 1. The normalized spacial score (nSPS) is 35.4. The Bertz CT molecular complexity index is 827. The molecule has 4 bridgehead atoms. The fourth-order valence-corrected chi connectivity index (χ4v) is 8.40. The first-order valence-electron chi connectivity index (χ1n) is 12.3. The predicted molar refractivity (Wildman–Crippen MR) is 131 cm³/mol. The number of benzene rings is 1. The van der Waals surface area contributed by atoms with E-state index in [4.69, 9.17) is 4.99 Å². The third kappa shape index (κ3) is 3.92. The van der Waals surface area contributed by atoms with Gasteiger partial charge in [-0.05, 0) is 86.8 Å². The molecule has 1 heterocycles. The van der Waals surface area contributed by atoms with Crippen molar-refractivity contribution in [3.63, 3.8) is 0 Å². The van der Waals surface area contributed by atoms with Crippen molar-refractivity contribution in [2.24, 2.45) is 22.7 Å².